The standard InChI is InChI=1S/C12H10Cl3N3O2/c13-8-1-10(15)11(2-9(8)14)20-5-12(19)17-4-7-3-16-6-18-7/h1-3,6H,4-5H2,(H,16,18)(H,17,19). The molecule has 5 nitrogen and oxygen atoms in total. The van der Waals surface area contributed by atoms with Gasteiger partial charge in [0.2, 0.25) is 0 Å². The zero-order chi connectivity index (χ0) is 14.5. The number of carbonyl (C=O) groups excluding carboxylic acids is 1. The maximum Gasteiger partial charge on any atom is 0.258 e. The number of hydrogen-bond acceptors (Lipinski definition) is 3. The lowest BCUT2D eigenvalue weighted by Crippen LogP contribution is -2.28. The average molecular weight is 335 g/mol. The molecule has 0 aliphatic heterocycles. The number of carbonyl (C=O) groups is 1. The number of H-pyrrole nitrogens is 1. The number of nitrogens with one attached hydrogen (secondary N) is 2. The van der Waals surface area contributed by atoms with Crippen molar-refractivity contribution in [3.05, 3.63) is 45.4 Å². The molecule has 2 N–H and O–H groups in total. The van der Waals surface area contributed by atoms with Gasteiger partial charge >= 0.3 is 0 Å². The monoisotopic (exact) mass is 333 g/mol. The number of benzene rings is 1. The van der Waals surface area contributed by atoms with E-state index < -0.39 is 0 Å². The van der Waals surface area contributed by atoms with Gasteiger partial charge in [0.05, 0.1) is 33.6 Å². The quantitative estimate of drug-likeness (QED) is 0.826. The van der Waals surface area contributed by atoms with Crippen molar-refractivity contribution in [2.75, 3.05) is 6.61 Å². The Balaban J connectivity index is 1.85. The summed E-state index contributed by atoms with van der Waals surface area (Å²) < 4.78 is 5.29. The Morgan fingerprint density at radius 3 is 2.70 bits per heavy atom. The van der Waals surface area contributed by atoms with Crippen molar-refractivity contribution in [2.45, 2.75) is 6.54 Å². The van der Waals surface area contributed by atoms with Crippen molar-refractivity contribution in [3.8, 4) is 5.75 Å². The van der Waals surface area contributed by atoms with Crippen molar-refractivity contribution < 1.29 is 9.53 Å². The van der Waals surface area contributed by atoms with Gasteiger partial charge in [0.25, 0.3) is 5.91 Å². The first-order chi connectivity index (χ1) is 9.56. The van der Waals surface area contributed by atoms with E-state index in [1.165, 1.54) is 18.5 Å². The molecule has 20 heavy (non-hydrogen) atoms. The predicted molar refractivity (Wildman–Crippen MR) is 77.4 cm³/mol. The summed E-state index contributed by atoms with van der Waals surface area (Å²) in [5.74, 6) is 0.0134. The number of hydrogen-bond donors (Lipinski definition) is 2. The van der Waals surface area contributed by atoms with Crippen LogP contribution in [0.4, 0.5) is 0 Å². The summed E-state index contributed by atoms with van der Waals surface area (Å²) in [6.07, 6.45) is 3.16. The van der Waals surface area contributed by atoms with Gasteiger partial charge in [-0.2, -0.15) is 0 Å². The van der Waals surface area contributed by atoms with Crippen LogP contribution in [0.25, 0.3) is 0 Å². The van der Waals surface area contributed by atoms with Gasteiger partial charge in [-0.3, -0.25) is 4.79 Å². The minimum atomic E-state index is -0.290. The number of halogens is 3. The topological polar surface area (TPSA) is 67.0 Å². The van der Waals surface area contributed by atoms with Gasteiger partial charge in [-0.05, 0) is 6.07 Å². The van der Waals surface area contributed by atoms with Crippen LogP contribution in [0.3, 0.4) is 0 Å². The van der Waals surface area contributed by atoms with Gasteiger partial charge in [0, 0.05) is 12.3 Å². The fourth-order valence-electron chi connectivity index (χ4n) is 1.38. The number of ether oxygens (including phenoxy) is 1. The number of imidazole rings is 1. The smallest absolute Gasteiger partial charge is 0.258 e. The Kier molecular flexibility index (Phi) is 5.11. The van der Waals surface area contributed by atoms with E-state index in [4.69, 9.17) is 39.5 Å². The van der Waals surface area contributed by atoms with E-state index in [1.807, 2.05) is 0 Å². The first-order valence-corrected chi connectivity index (χ1v) is 6.71. The SMILES string of the molecule is O=C(COc1cc(Cl)c(Cl)cc1Cl)NCc1cnc[nH]1. The Morgan fingerprint density at radius 1 is 1.25 bits per heavy atom. The molecular formula is C12H10Cl3N3O2. The summed E-state index contributed by atoms with van der Waals surface area (Å²) >= 11 is 17.6. The van der Waals surface area contributed by atoms with Crippen molar-refractivity contribution >= 4 is 40.7 Å². The third-order valence-corrected chi connectivity index (χ3v) is 3.38. The summed E-state index contributed by atoms with van der Waals surface area (Å²) in [7, 11) is 0. The Morgan fingerprint density at radius 2 is 2.00 bits per heavy atom. The molecule has 106 valence electrons. The van der Waals surface area contributed by atoms with E-state index in [0.717, 1.165) is 5.69 Å². The zero-order valence-corrected chi connectivity index (χ0v) is 12.4. The highest BCUT2D eigenvalue weighted by Crippen LogP contribution is 2.33. The van der Waals surface area contributed by atoms with Crippen LogP contribution in [-0.2, 0) is 11.3 Å². The number of aromatic nitrogens is 2. The number of rotatable bonds is 5. The Labute approximate surface area is 130 Å². The van der Waals surface area contributed by atoms with Gasteiger partial charge in [0.15, 0.2) is 6.61 Å². The van der Waals surface area contributed by atoms with Crippen LogP contribution < -0.4 is 10.1 Å². The molecule has 8 heteroatoms. The van der Waals surface area contributed by atoms with Gasteiger partial charge < -0.3 is 15.0 Å². The van der Waals surface area contributed by atoms with E-state index >= 15 is 0 Å². The lowest BCUT2D eigenvalue weighted by molar-refractivity contribution is -0.123. The molecule has 0 spiro atoms. The molecular weight excluding hydrogens is 325 g/mol. The maximum absolute atomic E-state index is 11.6. The first-order valence-electron chi connectivity index (χ1n) is 5.57. The second-order valence-electron chi connectivity index (χ2n) is 3.84. The Hall–Kier alpha value is -1.43. The molecule has 1 aromatic heterocycles. The fraction of sp³-hybridized carbons (Fsp3) is 0.167. The van der Waals surface area contributed by atoms with Crippen LogP contribution in [0.5, 0.6) is 5.75 Å². The molecule has 2 aromatic rings. The highest BCUT2D eigenvalue weighted by molar-refractivity contribution is 6.43. The lowest BCUT2D eigenvalue weighted by Gasteiger charge is -2.09. The molecule has 0 bridgehead atoms. The molecule has 0 radical (unpaired) electrons. The van der Waals surface area contributed by atoms with Crippen LogP contribution in [0, 0.1) is 0 Å². The highest BCUT2D eigenvalue weighted by atomic mass is 35.5. The van der Waals surface area contributed by atoms with E-state index in [0.29, 0.717) is 27.4 Å². The first kappa shape index (κ1) is 15.0. The second-order valence-corrected chi connectivity index (χ2v) is 5.06. The highest BCUT2D eigenvalue weighted by Gasteiger charge is 2.09. The summed E-state index contributed by atoms with van der Waals surface area (Å²) in [4.78, 5) is 18.3. The van der Waals surface area contributed by atoms with Crippen molar-refractivity contribution in [3.63, 3.8) is 0 Å². The van der Waals surface area contributed by atoms with E-state index in [9.17, 15) is 4.79 Å². The molecule has 0 aliphatic carbocycles. The average Bonchev–Trinajstić information content (AvgIpc) is 2.92. The molecule has 1 heterocycles. The largest absolute Gasteiger partial charge is 0.482 e. The molecule has 2 rings (SSSR count). The van der Waals surface area contributed by atoms with Crippen LogP contribution in [0.1, 0.15) is 5.69 Å². The minimum Gasteiger partial charge on any atom is -0.482 e. The van der Waals surface area contributed by atoms with Crippen molar-refractivity contribution in [2.24, 2.45) is 0 Å². The summed E-state index contributed by atoms with van der Waals surface area (Å²) in [6.45, 7) is 0.170. The summed E-state index contributed by atoms with van der Waals surface area (Å²) in [6, 6.07) is 2.93. The minimum absolute atomic E-state index is 0.175. The molecule has 0 aliphatic rings. The molecule has 0 fully saturated rings. The molecule has 0 saturated carbocycles. The molecule has 0 saturated heterocycles. The summed E-state index contributed by atoms with van der Waals surface area (Å²) in [5.41, 5.74) is 0.797. The second kappa shape index (κ2) is 6.83. The van der Waals surface area contributed by atoms with E-state index in [2.05, 4.69) is 15.3 Å². The van der Waals surface area contributed by atoms with Gasteiger partial charge in [0.1, 0.15) is 5.75 Å². The third kappa shape index (κ3) is 4.03. The lowest BCUT2D eigenvalue weighted by atomic mass is 10.3. The maximum atomic E-state index is 11.6. The van der Waals surface area contributed by atoms with E-state index in [1.54, 1.807) is 6.20 Å². The number of amides is 1. The van der Waals surface area contributed by atoms with E-state index in [-0.39, 0.29) is 12.5 Å². The van der Waals surface area contributed by atoms with Gasteiger partial charge in [-0.1, -0.05) is 34.8 Å². The van der Waals surface area contributed by atoms with Crippen LogP contribution in [-0.4, -0.2) is 22.5 Å². The predicted octanol–water partition coefficient (Wildman–Crippen LogP) is 3.07. The van der Waals surface area contributed by atoms with Gasteiger partial charge in [-0.25, -0.2) is 4.98 Å². The fourth-order valence-corrected chi connectivity index (χ4v) is 1.98. The molecule has 0 unspecified atom stereocenters. The number of aromatic amines is 1. The van der Waals surface area contributed by atoms with Gasteiger partial charge in [-0.15, -0.1) is 0 Å². The summed E-state index contributed by atoms with van der Waals surface area (Å²) in [5, 5.41) is 3.59. The van der Waals surface area contributed by atoms with Crippen molar-refractivity contribution in [1.29, 1.82) is 0 Å². The van der Waals surface area contributed by atoms with Crippen LogP contribution >= 0.6 is 34.8 Å². The molecule has 1 aromatic carbocycles. The normalized spacial score (nSPS) is 10.3. The third-order valence-electron chi connectivity index (χ3n) is 2.36. The van der Waals surface area contributed by atoms with Crippen molar-refractivity contribution in [1.82, 2.24) is 15.3 Å². The van der Waals surface area contributed by atoms with Crippen LogP contribution in [0.15, 0.2) is 24.7 Å². The molecule has 0 atom stereocenters. The Bertz CT molecular complexity index is 602. The number of nitrogens with zero attached hydrogens (tertiary/aromatic N) is 1. The van der Waals surface area contributed by atoms with Crippen LogP contribution in [0.2, 0.25) is 15.1 Å². The molecule has 1 amide bonds. The zero-order valence-electron chi connectivity index (χ0n) is 10.1.